The monoisotopic (exact) mass is 1000 g/mol. The number of allylic oxidation sites excluding steroid dienone is 10. The van der Waals surface area contributed by atoms with Gasteiger partial charge in [0.25, 0.3) is 0 Å². The third-order valence-electron chi connectivity index (χ3n) is 12.6. The Balaban J connectivity index is 2.66. The molecule has 1 heterocycles. The highest BCUT2D eigenvalue weighted by atomic mass is 16.7. The first-order valence-electron chi connectivity index (χ1n) is 28.3. The van der Waals surface area contributed by atoms with E-state index in [1.165, 1.54) is 89.9 Å². The number of aliphatic hydroxyl groups excluding tert-OH is 2. The molecule has 0 aliphatic carbocycles. The molecule has 12 heteroatoms. The lowest BCUT2D eigenvalue weighted by molar-refractivity contribution is -0.301. The Kier molecular flexibility index (Phi) is 43.7. The molecule has 1 aliphatic rings. The van der Waals surface area contributed by atoms with E-state index in [1.807, 2.05) is 0 Å². The highest BCUT2D eigenvalue weighted by Crippen LogP contribution is 2.26. The fourth-order valence-electron chi connectivity index (χ4n) is 8.24. The van der Waals surface area contributed by atoms with Crippen LogP contribution in [0.15, 0.2) is 60.8 Å². The lowest BCUT2D eigenvalue weighted by Gasteiger charge is -2.40. The van der Waals surface area contributed by atoms with Crippen LogP contribution in [0.1, 0.15) is 239 Å². The predicted octanol–water partition coefficient (Wildman–Crippen LogP) is 14.0. The summed E-state index contributed by atoms with van der Waals surface area (Å²) in [6, 6.07) is 0. The largest absolute Gasteiger partial charge is 0.479 e. The number of carbonyl (C=O) groups is 4. The lowest BCUT2D eigenvalue weighted by atomic mass is 9.98. The van der Waals surface area contributed by atoms with E-state index in [0.29, 0.717) is 19.3 Å². The highest BCUT2D eigenvalue weighted by molar-refractivity contribution is 5.74. The van der Waals surface area contributed by atoms with Crippen LogP contribution in [-0.4, -0.2) is 89.2 Å². The molecule has 1 fully saturated rings. The molecule has 0 bridgehead atoms. The van der Waals surface area contributed by atoms with Crippen molar-refractivity contribution in [3.63, 3.8) is 0 Å². The van der Waals surface area contributed by atoms with E-state index in [2.05, 4.69) is 81.5 Å². The Morgan fingerprint density at radius 2 is 0.887 bits per heavy atom. The number of unbranched alkanes of at least 4 members (excludes halogenated alkanes) is 23. The molecule has 0 aromatic rings. The molecule has 0 radical (unpaired) electrons. The molecule has 0 aromatic carbocycles. The maximum Gasteiger partial charge on any atom is 0.335 e. The zero-order valence-corrected chi connectivity index (χ0v) is 44.7. The van der Waals surface area contributed by atoms with Gasteiger partial charge in [-0.2, -0.15) is 0 Å². The van der Waals surface area contributed by atoms with E-state index < -0.39 is 67.3 Å². The van der Waals surface area contributed by atoms with Gasteiger partial charge in [-0.3, -0.25) is 14.4 Å². The van der Waals surface area contributed by atoms with E-state index in [9.17, 15) is 34.5 Å². The van der Waals surface area contributed by atoms with Gasteiger partial charge in [0.05, 0.1) is 6.61 Å². The molecule has 3 N–H and O–H groups in total. The maximum atomic E-state index is 13.0. The number of hydrogen-bond acceptors (Lipinski definition) is 11. The predicted molar refractivity (Wildman–Crippen MR) is 285 cm³/mol. The van der Waals surface area contributed by atoms with Crippen molar-refractivity contribution in [1.82, 2.24) is 0 Å². The summed E-state index contributed by atoms with van der Waals surface area (Å²) in [6.45, 7) is 5.80. The number of carbonyl (C=O) groups excluding carboxylic acids is 3. The summed E-state index contributed by atoms with van der Waals surface area (Å²) in [5.74, 6) is -3.16. The van der Waals surface area contributed by atoms with E-state index in [0.717, 1.165) is 89.9 Å². The van der Waals surface area contributed by atoms with Gasteiger partial charge in [0, 0.05) is 19.3 Å². The zero-order chi connectivity index (χ0) is 51.8. The second-order valence-electron chi connectivity index (χ2n) is 19.2. The van der Waals surface area contributed by atoms with Crippen LogP contribution in [0.25, 0.3) is 0 Å². The normalized spacial score (nSPS) is 18.9. The van der Waals surface area contributed by atoms with Crippen molar-refractivity contribution in [2.75, 3.05) is 13.2 Å². The van der Waals surface area contributed by atoms with Gasteiger partial charge in [-0.1, -0.05) is 197 Å². The van der Waals surface area contributed by atoms with Crippen molar-refractivity contribution in [3.8, 4) is 0 Å². The van der Waals surface area contributed by atoms with Crippen molar-refractivity contribution in [1.29, 1.82) is 0 Å². The van der Waals surface area contributed by atoms with Crippen LogP contribution < -0.4 is 0 Å². The quantitative estimate of drug-likeness (QED) is 0.0228. The number of aliphatic hydroxyl groups is 2. The molecule has 0 spiro atoms. The van der Waals surface area contributed by atoms with Crippen LogP contribution in [0, 0.1) is 0 Å². The Hall–Kier alpha value is -3.58. The van der Waals surface area contributed by atoms with E-state index >= 15 is 0 Å². The topological polar surface area (TPSA) is 175 Å². The molecule has 0 aromatic heterocycles. The van der Waals surface area contributed by atoms with Gasteiger partial charge in [0.2, 0.25) is 0 Å². The third kappa shape index (κ3) is 37.8. The summed E-state index contributed by atoms with van der Waals surface area (Å²) in [7, 11) is 0. The Bertz CT molecular complexity index is 1470. The number of carboxylic acids is 1. The SMILES string of the molecule is CC/C=C\C/C=C\C/C=C\CCCCCC(=O)OC1C(OCC(COC(=O)CCCCCCCCCCC/C=C\C/C=C\CCCCC)OC(=O)CCCCCCCCCCC)OC(C(=O)O)C(O)C1O. The second kappa shape index (κ2) is 47.4. The minimum atomic E-state index is -1.91. The molecule has 1 aliphatic heterocycles. The molecule has 71 heavy (non-hydrogen) atoms. The summed E-state index contributed by atoms with van der Waals surface area (Å²) in [5, 5.41) is 31.3. The minimum absolute atomic E-state index is 0.0252. The summed E-state index contributed by atoms with van der Waals surface area (Å²) in [6.07, 6.45) is 45.0. The summed E-state index contributed by atoms with van der Waals surface area (Å²) in [4.78, 5) is 50.9. The number of aliphatic carboxylic acids is 1. The molecular formula is C59H100O12. The number of carboxylic acid groups (broad SMARTS) is 1. The van der Waals surface area contributed by atoms with Crippen LogP contribution in [0.4, 0.5) is 0 Å². The Labute approximate surface area is 430 Å². The number of esters is 3. The van der Waals surface area contributed by atoms with Gasteiger partial charge >= 0.3 is 23.9 Å². The molecule has 12 nitrogen and oxygen atoms in total. The standard InChI is InChI=1S/C59H100O12/c1-4-7-10-13-16-19-21-23-24-25-26-27-28-30-31-34-36-39-42-45-51(60)67-48-50(69-52(61)46-43-40-37-33-18-15-12-9-6-3)49-68-59-57(55(64)54(63)56(71-59)58(65)66)70-53(62)47-44-41-38-35-32-29-22-20-17-14-11-8-5-2/h8,11,16-17,19-20,23-24,29,32,50,54-57,59,63-64H,4-7,9-10,12-15,18,21-22,25-28,30-31,33-49H2,1-3H3,(H,65,66)/b11-8-,19-16-,20-17-,24-23-,32-29-. The molecule has 0 saturated carbocycles. The summed E-state index contributed by atoms with van der Waals surface area (Å²) < 4.78 is 28.3. The molecule has 6 unspecified atom stereocenters. The highest BCUT2D eigenvalue weighted by Gasteiger charge is 2.50. The minimum Gasteiger partial charge on any atom is -0.479 e. The molecule has 408 valence electrons. The molecular weight excluding hydrogens is 901 g/mol. The molecule has 6 atom stereocenters. The average Bonchev–Trinajstić information content (AvgIpc) is 3.35. The van der Waals surface area contributed by atoms with Crippen molar-refractivity contribution >= 4 is 23.9 Å². The number of rotatable bonds is 47. The fraction of sp³-hybridized carbons (Fsp3) is 0.763. The van der Waals surface area contributed by atoms with Gasteiger partial charge in [0.15, 0.2) is 24.6 Å². The smallest absolute Gasteiger partial charge is 0.335 e. The van der Waals surface area contributed by atoms with Crippen molar-refractivity contribution in [2.24, 2.45) is 0 Å². The Morgan fingerprint density at radius 1 is 0.479 bits per heavy atom. The van der Waals surface area contributed by atoms with Crippen LogP contribution in [0.5, 0.6) is 0 Å². The van der Waals surface area contributed by atoms with Crippen molar-refractivity contribution in [3.05, 3.63) is 60.8 Å². The first-order chi connectivity index (χ1) is 34.6. The van der Waals surface area contributed by atoms with Gasteiger partial charge < -0.3 is 39.0 Å². The maximum absolute atomic E-state index is 13.0. The van der Waals surface area contributed by atoms with Crippen LogP contribution in [0.3, 0.4) is 0 Å². The third-order valence-corrected chi connectivity index (χ3v) is 12.6. The van der Waals surface area contributed by atoms with Gasteiger partial charge in [0.1, 0.15) is 18.8 Å². The number of ether oxygens (including phenoxy) is 5. The van der Waals surface area contributed by atoms with Crippen molar-refractivity contribution < 1.29 is 58.2 Å². The van der Waals surface area contributed by atoms with Gasteiger partial charge in [-0.25, -0.2) is 4.79 Å². The molecule has 0 amide bonds. The van der Waals surface area contributed by atoms with Crippen LogP contribution in [-0.2, 0) is 42.9 Å². The number of hydrogen-bond donors (Lipinski definition) is 3. The fourth-order valence-corrected chi connectivity index (χ4v) is 8.24. The van der Waals surface area contributed by atoms with E-state index in [4.69, 9.17) is 23.7 Å². The van der Waals surface area contributed by atoms with E-state index in [-0.39, 0.29) is 25.9 Å². The molecule has 1 rings (SSSR count). The van der Waals surface area contributed by atoms with Gasteiger partial charge in [-0.15, -0.1) is 0 Å². The summed E-state index contributed by atoms with van der Waals surface area (Å²) >= 11 is 0. The van der Waals surface area contributed by atoms with Crippen LogP contribution in [0.2, 0.25) is 0 Å². The van der Waals surface area contributed by atoms with Crippen LogP contribution >= 0.6 is 0 Å². The molecule has 1 saturated heterocycles. The van der Waals surface area contributed by atoms with Crippen molar-refractivity contribution in [2.45, 2.75) is 276 Å². The second-order valence-corrected chi connectivity index (χ2v) is 19.2. The summed E-state index contributed by atoms with van der Waals surface area (Å²) in [5.41, 5.74) is 0. The average molecular weight is 1000 g/mol. The first kappa shape index (κ1) is 65.4. The van der Waals surface area contributed by atoms with Gasteiger partial charge in [-0.05, 0) is 83.5 Å². The zero-order valence-electron chi connectivity index (χ0n) is 44.7. The lowest BCUT2D eigenvalue weighted by Crippen LogP contribution is -2.61. The first-order valence-corrected chi connectivity index (χ1v) is 28.3. The van der Waals surface area contributed by atoms with E-state index in [1.54, 1.807) is 0 Å². The Morgan fingerprint density at radius 3 is 1.39 bits per heavy atom.